The number of hydrogen-bond donors (Lipinski definition) is 2. The first-order valence-electron chi connectivity index (χ1n) is 7.26. The molecule has 1 amide bonds. The van der Waals surface area contributed by atoms with E-state index in [0.717, 1.165) is 32.7 Å². The fraction of sp³-hybridized carbons (Fsp3) is 0.533. The number of rotatable bonds is 5. The highest BCUT2D eigenvalue weighted by Gasteiger charge is 2.21. The van der Waals surface area contributed by atoms with Gasteiger partial charge in [0.1, 0.15) is 0 Å². The molecule has 1 atom stereocenters. The molecule has 3 N–H and O–H groups in total. The second-order valence-corrected chi connectivity index (χ2v) is 5.64. The Morgan fingerprint density at radius 3 is 3.14 bits per heavy atom. The third kappa shape index (κ3) is 4.59. The first kappa shape index (κ1) is 16.1. The van der Waals surface area contributed by atoms with Crippen molar-refractivity contribution in [3.63, 3.8) is 0 Å². The van der Waals surface area contributed by atoms with Gasteiger partial charge in [0.2, 0.25) is 5.91 Å². The summed E-state index contributed by atoms with van der Waals surface area (Å²) in [5, 5.41) is 3.37. The van der Waals surface area contributed by atoms with Gasteiger partial charge in [-0.25, -0.2) is 0 Å². The van der Waals surface area contributed by atoms with Crippen LogP contribution in [0.25, 0.3) is 0 Å². The summed E-state index contributed by atoms with van der Waals surface area (Å²) in [5.41, 5.74) is 6.91. The molecule has 116 valence electrons. The molecule has 1 aromatic rings. The van der Waals surface area contributed by atoms with Crippen LogP contribution < -0.4 is 11.1 Å². The molecule has 1 aromatic carbocycles. The van der Waals surface area contributed by atoms with E-state index >= 15 is 0 Å². The molecule has 5 nitrogen and oxygen atoms in total. The van der Waals surface area contributed by atoms with Gasteiger partial charge in [-0.05, 0) is 24.6 Å². The van der Waals surface area contributed by atoms with Gasteiger partial charge in [0.15, 0.2) is 0 Å². The number of amides is 1. The lowest BCUT2D eigenvalue weighted by Gasteiger charge is -2.34. The predicted molar refractivity (Wildman–Crippen MR) is 85.6 cm³/mol. The van der Waals surface area contributed by atoms with Crippen LogP contribution in [0.2, 0.25) is 5.02 Å². The minimum atomic E-state index is -0.0506. The summed E-state index contributed by atoms with van der Waals surface area (Å²) >= 11 is 5.91. The normalized spacial score (nSPS) is 19.4. The second-order valence-electron chi connectivity index (χ2n) is 5.20. The number of ether oxygens (including phenoxy) is 1. The van der Waals surface area contributed by atoms with Gasteiger partial charge in [-0.2, -0.15) is 0 Å². The van der Waals surface area contributed by atoms with E-state index in [0.29, 0.717) is 28.9 Å². The first-order valence-corrected chi connectivity index (χ1v) is 7.64. The summed E-state index contributed by atoms with van der Waals surface area (Å²) in [7, 11) is 0. The van der Waals surface area contributed by atoms with Crippen LogP contribution >= 0.6 is 11.6 Å². The van der Waals surface area contributed by atoms with E-state index in [9.17, 15) is 4.79 Å². The number of nitrogen functional groups attached to an aromatic ring is 1. The van der Waals surface area contributed by atoms with E-state index in [1.807, 2.05) is 0 Å². The lowest BCUT2D eigenvalue weighted by Crippen LogP contribution is -2.46. The highest BCUT2D eigenvalue weighted by Crippen LogP contribution is 2.23. The van der Waals surface area contributed by atoms with Crippen molar-refractivity contribution in [2.24, 2.45) is 0 Å². The lowest BCUT2D eigenvalue weighted by atomic mass is 10.1. The topological polar surface area (TPSA) is 67.6 Å². The van der Waals surface area contributed by atoms with Gasteiger partial charge in [-0.3, -0.25) is 9.69 Å². The van der Waals surface area contributed by atoms with Gasteiger partial charge in [0, 0.05) is 30.6 Å². The van der Waals surface area contributed by atoms with Crippen LogP contribution in [0.15, 0.2) is 18.2 Å². The summed E-state index contributed by atoms with van der Waals surface area (Å²) in [4.78, 5) is 14.4. The van der Waals surface area contributed by atoms with Crippen molar-refractivity contribution in [1.82, 2.24) is 4.90 Å². The molecule has 0 spiro atoms. The molecular weight excluding hydrogens is 290 g/mol. The minimum absolute atomic E-state index is 0.0506. The SMILES string of the molecule is CCC1COCCN1CCC(=O)Nc1cc(Cl)ccc1N. The van der Waals surface area contributed by atoms with Crippen molar-refractivity contribution in [1.29, 1.82) is 0 Å². The molecule has 0 bridgehead atoms. The molecule has 21 heavy (non-hydrogen) atoms. The number of nitrogens with two attached hydrogens (primary N) is 1. The van der Waals surface area contributed by atoms with Crippen molar-refractivity contribution < 1.29 is 9.53 Å². The summed E-state index contributed by atoms with van der Waals surface area (Å²) in [6, 6.07) is 5.46. The number of carbonyl (C=O) groups is 1. The molecule has 0 aromatic heterocycles. The Bertz CT molecular complexity index is 496. The quantitative estimate of drug-likeness (QED) is 0.819. The van der Waals surface area contributed by atoms with Gasteiger partial charge in [-0.1, -0.05) is 18.5 Å². The van der Waals surface area contributed by atoms with E-state index in [1.165, 1.54) is 0 Å². The van der Waals surface area contributed by atoms with Gasteiger partial charge >= 0.3 is 0 Å². The zero-order valence-electron chi connectivity index (χ0n) is 12.3. The number of anilines is 2. The van der Waals surface area contributed by atoms with Crippen LogP contribution in [0.4, 0.5) is 11.4 Å². The number of carbonyl (C=O) groups excluding carboxylic acids is 1. The Morgan fingerprint density at radius 1 is 1.57 bits per heavy atom. The first-order chi connectivity index (χ1) is 10.1. The van der Waals surface area contributed by atoms with Gasteiger partial charge in [0.25, 0.3) is 0 Å². The van der Waals surface area contributed by atoms with Gasteiger partial charge < -0.3 is 15.8 Å². The van der Waals surface area contributed by atoms with E-state index < -0.39 is 0 Å². The molecule has 0 radical (unpaired) electrons. The summed E-state index contributed by atoms with van der Waals surface area (Å²) in [5.74, 6) is -0.0506. The maximum Gasteiger partial charge on any atom is 0.225 e. The van der Waals surface area contributed by atoms with Gasteiger partial charge in [-0.15, -0.1) is 0 Å². The molecule has 0 saturated carbocycles. The van der Waals surface area contributed by atoms with Gasteiger partial charge in [0.05, 0.1) is 24.6 Å². The second kappa shape index (κ2) is 7.64. The van der Waals surface area contributed by atoms with E-state index in [4.69, 9.17) is 22.1 Å². The number of hydrogen-bond acceptors (Lipinski definition) is 4. The molecule has 0 aliphatic carbocycles. The fourth-order valence-corrected chi connectivity index (χ4v) is 2.63. The number of morpholine rings is 1. The molecule has 1 unspecified atom stereocenters. The van der Waals surface area contributed by atoms with Crippen molar-refractivity contribution in [2.75, 3.05) is 37.4 Å². The van der Waals surface area contributed by atoms with E-state index in [1.54, 1.807) is 18.2 Å². The largest absolute Gasteiger partial charge is 0.397 e. The monoisotopic (exact) mass is 311 g/mol. The van der Waals surface area contributed by atoms with Crippen LogP contribution in [0, 0.1) is 0 Å². The Hall–Kier alpha value is -1.30. The highest BCUT2D eigenvalue weighted by atomic mass is 35.5. The minimum Gasteiger partial charge on any atom is -0.397 e. The number of nitrogens with one attached hydrogen (secondary N) is 1. The maximum atomic E-state index is 12.0. The number of halogens is 1. The lowest BCUT2D eigenvalue weighted by molar-refractivity contribution is -0.117. The van der Waals surface area contributed by atoms with Crippen LogP contribution in [0.5, 0.6) is 0 Å². The van der Waals surface area contributed by atoms with Crippen molar-refractivity contribution in [2.45, 2.75) is 25.8 Å². The van der Waals surface area contributed by atoms with E-state index in [2.05, 4.69) is 17.1 Å². The molecule has 1 heterocycles. The molecule has 1 saturated heterocycles. The predicted octanol–water partition coefficient (Wildman–Crippen LogP) is 2.36. The fourth-order valence-electron chi connectivity index (χ4n) is 2.45. The Labute approximate surface area is 130 Å². The van der Waals surface area contributed by atoms with Crippen molar-refractivity contribution in [3.05, 3.63) is 23.2 Å². The summed E-state index contributed by atoms with van der Waals surface area (Å²) in [6.07, 6.45) is 1.46. The van der Waals surface area contributed by atoms with Crippen LogP contribution in [-0.2, 0) is 9.53 Å². The van der Waals surface area contributed by atoms with Crippen molar-refractivity contribution >= 4 is 28.9 Å². The Morgan fingerprint density at radius 2 is 2.38 bits per heavy atom. The van der Waals surface area contributed by atoms with Crippen LogP contribution in [0.1, 0.15) is 19.8 Å². The maximum absolute atomic E-state index is 12.0. The zero-order valence-corrected chi connectivity index (χ0v) is 13.0. The number of benzene rings is 1. The summed E-state index contributed by atoms with van der Waals surface area (Å²) in [6.45, 7) is 5.23. The highest BCUT2D eigenvalue weighted by molar-refractivity contribution is 6.31. The standard InChI is InChI=1S/C15H22ClN3O2/c1-2-12-10-21-8-7-19(12)6-5-15(20)18-14-9-11(16)3-4-13(14)17/h3-4,9,12H,2,5-8,10,17H2,1H3,(H,18,20). The molecular formula is C15H22ClN3O2. The average molecular weight is 312 g/mol. The molecule has 1 aliphatic rings. The molecule has 6 heteroatoms. The summed E-state index contributed by atoms with van der Waals surface area (Å²) < 4.78 is 5.46. The molecule has 2 rings (SSSR count). The third-order valence-electron chi connectivity index (χ3n) is 3.74. The Balaban J connectivity index is 1.85. The third-order valence-corrected chi connectivity index (χ3v) is 3.97. The molecule has 1 aliphatic heterocycles. The van der Waals surface area contributed by atoms with Crippen LogP contribution in [0.3, 0.4) is 0 Å². The smallest absolute Gasteiger partial charge is 0.225 e. The average Bonchev–Trinajstić information content (AvgIpc) is 2.49. The molecule has 1 fully saturated rings. The van der Waals surface area contributed by atoms with Crippen molar-refractivity contribution in [3.8, 4) is 0 Å². The number of nitrogens with zero attached hydrogens (tertiary/aromatic N) is 1. The van der Waals surface area contributed by atoms with Crippen LogP contribution in [-0.4, -0.2) is 43.2 Å². The Kier molecular flexibility index (Phi) is 5.85. The zero-order chi connectivity index (χ0) is 15.2. The van der Waals surface area contributed by atoms with E-state index in [-0.39, 0.29) is 5.91 Å².